The van der Waals surface area contributed by atoms with E-state index >= 15 is 0 Å². The highest BCUT2D eigenvalue weighted by Crippen LogP contribution is 2.39. The Kier molecular flexibility index (Phi) is 11.2. The predicted octanol–water partition coefficient (Wildman–Crippen LogP) is 6.51. The summed E-state index contributed by atoms with van der Waals surface area (Å²) in [5.41, 5.74) is 3.47. The van der Waals surface area contributed by atoms with Crippen LogP contribution >= 0.6 is 0 Å². The molecule has 0 radical (unpaired) electrons. The number of fused-ring (bicyclic) bond motifs is 2. The first-order valence-electron chi connectivity index (χ1n) is 14.8. The van der Waals surface area contributed by atoms with E-state index < -0.39 is 11.9 Å². The van der Waals surface area contributed by atoms with Gasteiger partial charge < -0.3 is 24.3 Å². The van der Waals surface area contributed by atoms with Gasteiger partial charge in [-0.25, -0.2) is 4.79 Å². The smallest absolute Gasteiger partial charge is 0.381 e. The number of carbonyl (C=O) groups is 3. The van der Waals surface area contributed by atoms with Gasteiger partial charge in [-0.15, -0.1) is 0 Å². The number of para-hydroxylation sites is 1. The minimum atomic E-state index is -1.23. The van der Waals surface area contributed by atoms with Gasteiger partial charge in [0.05, 0.1) is 24.9 Å². The molecule has 5 rings (SSSR count). The number of carboxylic acid groups (broad SMARTS) is 2. The van der Waals surface area contributed by atoms with Crippen molar-refractivity contribution in [2.24, 2.45) is 0 Å². The molecule has 0 amide bonds. The fourth-order valence-corrected chi connectivity index (χ4v) is 5.75. The Morgan fingerprint density at radius 1 is 1.07 bits per heavy atom. The lowest BCUT2D eigenvalue weighted by Crippen LogP contribution is -2.44. The van der Waals surface area contributed by atoms with E-state index in [1.165, 1.54) is 44.3 Å². The van der Waals surface area contributed by atoms with Crippen molar-refractivity contribution in [1.29, 1.82) is 0 Å². The third-order valence-corrected chi connectivity index (χ3v) is 7.92. The Bertz CT molecular complexity index is 1450. The molecule has 3 aromatic rings. The molecular weight excluding hydrogens is 534 g/mol. The Hall–Kier alpha value is -4.09. The van der Waals surface area contributed by atoms with Gasteiger partial charge in [0.25, 0.3) is 0 Å². The lowest BCUT2D eigenvalue weighted by molar-refractivity contribution is -0.137. The summed E-state index contributed by atoms with van der Waals surface area (Å²) in [6.07, 6.45) is 10.3. The molecule has 2 atom stereocenters. The third kappa shape index (κ3) is 8.23. The third-order valence-electron chi connectivity index (χ3n) is 7.92. The first-order valence-corrected chi connectivity index (χ1v) is 14.8. The second-order valence-electron chi connectivity index (χ2n) is 10.8. The van der Waals surface area contributed by atoms with E-state index in [1.54, 1.807) is 5.92 Å². The van der Waals surface area contributed by atoms with Crippen molar-refractivity contribution < 1.29 is 33.8 Å². The van der Waals surface area contributed by atoms with E-state index in [9.17, 15) is 14.4 Å². The average Bonchev–Trinajstić information content (AvgIpc) is 3.43. The molecular formula is C34H39NO7. The van der Waals surface area contributed by atoms with Crippen molar-refractivity contribution in [3.8, 4) is 17.6 Å². The maximum atomic E-state index is 13.4. The van der Waals surface area contributed by atoms with Gasteiger partial charge in [-0.1, -0.05) is 37.8 Å². The number of nitrogens with zero attached hydrogens (tertiary/aromatic N) is 1. The number of ether oxygens (including phenoxy) is 1. The monoisotopic (exact) mass is 573 g/mol. The van der Waals surface area contributed by atoms with Crippen molar-refractivity contribution in [3.05, 3.63) is 65.4 Å². The second kappa shape index (κ2) is 15.2. The summed E-state index contributed by atoms with van der Waals surface area (Å²) in [5, 5.41) is 17.1. The molecule has 222 valence electrons. The van der Waals surface area contributed by atoms with Crippen LogP contribution in [0.1, 0.15) is 92.1 Å². The number of hydrogen-bond donors (Lipinski definition) is 2. The van der Waals surface area contributed by atoms with Gasteiger partial charge in [0.2, 0.25) is 0 Å². The number of hydrogen-bond acceptors (Lipinski definition) is 6. The van der Waals surface area contributed by atoms with Crippen molar-refractivity contribution in [1.82, 2.24) is 4.90 Å². The highest BCUT2D eigenvalue weighted by molar-refractivity contribution is 6.12. The first-order chi connectivity index (χ1) is 20.4. The van der Waals surface area contributed by atoms with Crippen LogP contribution < -0.4 is 4.74 Å². The van der Waals surface area contributed by atoms with E-state index in [1.807, 2.05) is 48.7 Å². The van der Waals surface area contributed by atoms with Crippen LogP contribution in [0.25, 0.3) is 11.0 Å². The number of carbonyl (C=O) groups excluding carboxylic acids is 1. The molecule has 2 aliphatic heterocycles. The minimum absolute atomic E-state index is 0.00764. The fourth-order valence-electron chi connectivity index (χ4n) is 5.75. The van der Waals surface area contributed by atoms with Gasteiger partial charge in [0.15, 0.2) is 5.78 Å². The summed E-state index contributed by atoms with van der Waals surface area (Å²) in [6, 6.07) is 14.1. The average molecular weight is 574 g/mol. The summed E-state index contributed by atoms with van der Waals surface area (Å²) >= 11 is 0. The van der Waals surface area contributed by atoms with Gasteiger partial charge in [-0.05, 0) is 81.4 Å². The van der Waals surface area contributed by atoms with Crippen LogP contribution in [0.15, 0.2) is 53.1 Å². The lowest BCUT2D eigenvalue weighted by Gasteiger charge is -2.42. The molecule has 42 heavy (non-hydrogen) atoms. The number of rotatable bonds is 9. The number of unbranched alkanes of at least 4 members (excludes halogenated alkanes) is 1. The predicted molar refractivity (Wildman–Crippen MR) is 160 cm³/mol. The van der Waals surface area contributed by atoms with E-state index in [0.717, 1.165) is 30.2 Å². The van der Waals surface area contributed by atoms with E-state index in [2.05, 4.69) is 17.7 Å². The zero-order valence-corrected chi connectivity index (χ0v) is 24.1. The molecule has 8 heteroatoms. The number of aliphatic carboxylic acids is 2. The lowest BCUT2D eigenvalue weighted by atomic mass is 9.82. The number of furan rings is 1. The molecule has 2 aliphatic rings. The molecule has 2 saturated heterocycles. The zero-order valence-electron chi connectivity index (χ0n) is 24.1. The van der Waals surface area contributed by atoms with E-state index in [4.69, 9.17) is 19.4 Å². The van der Waals surface area contributed by atoms with Crippen molar-refractivity contribution in [2.45, 2.75) is 76.7 Å². The van der Waals surface area contributed by atoms with Crippen molar-refractivity contribution in [3.63, 3.8) is 0 Å². The summed E-state index contributed by atoms with van der Waals surface area (Å²) < 4.78 is 11.8. The first kappa shape index (κ1) is 30.9. The molecule has 3 heterocycles. The molecule has 0 spiro atoms. The molecule has 0 saturated carbocycles. The highest BCUT2D eigenvalue weighted by atomic mass is 16.5. The number of benzene rings is 2. The molecule has 0 bridgehead atoms. The van der Waals surface area contributed by atoms with Crippen LogP contribution in [0, 0.1) is 11.8 Å². The maximum absolute atomic E-state index is 13.4. The normalized spacial score (nSPS) is 18.1. The molecule has 2 unspecified atom stereocenters. The standard InChI is InChI=1S/C28H33NO3.C6H6O4/c1-2-3-16-31-26-10-5-4-9-23(26)28(30)21-11-12-27-24(18-21)25(19-32-27)20-13-15-29-14-7-6-8-22(29)17-20;7-5(8)3-1-2-4-6(9)10/h4-5,9-12,18-20,22H,2-3,6-8,13-17H2,1H3;1,3H2,(H,7,8)(H,9,10). The summed E-state index contributed by atoms with van der Waals surface area (Å²) in [7, 11) is 0. The topological polar surface area (TPSA) is 117 Å². The fraction of sp³-hybridized carbons (Fsp3) is 0.441. The van der Waals surface area contributed by atoms with Crippen LogP contribution in [-0.4, -0.2) is 58.6 Å². The van der Waals surface area contributed by atoms with Crippen LogP contribution in [0.3, 0.4) is 0 Å². The number of ketones is 1. The number of carboxylic acids is 2. The highest BCUT2D eigenvalue weighted by Gasteiger charge is 2.32. The van der Waals surface area contributed by atoms with E-state index in [-0.39, 0.29) is 18.6 Å². The van der Waals surface area contributed by atoms with Crippen LogP contribution in [0.5, 0.6) is 5.75 Å². The zero-order chi connectivity index (χ0) is 29.9. The maximum Gasteiger partial charge on any atom is 0.381 e. The summed E-state index contributed by atoms with van der Waals surface area (Å²) in [4.78, 5) is 35.6. The largest absolute Gasteiger partial charge is 0.493 e. The number of piperidine rings is 2. The second-order valence-corrected chi connectivity index (χ2v) is 10.8. The molecule has 2 N–H and O–H groups in total. The van der Waals surface area contributed by atoms with Crippen LogP contribution in [-0.2, 0) is 9.59 Å². The minimum Gasteiger partial charge on any atom is -0.493 e. The Labute approximate surface area is 246 Å². The van der Waals surface area contributed by atoms with Gasteiger partial charge >= 0.3 is 11.9 Å². The molecule has 0 aliphatic carbocycles. The van der Waals surface area contributed by atoms with Crippen LogP contribution in [0.4, 0.5) is 0 Å². The molecule has 8 nitrogen and oxygen atoms in total. The van der Waals surface area contributed by atoms with Crippen molar-refractivity contribution >= 4 is 28.7 Å². The Balaban J connectivity index is 0.000000349. The van der Waals surface area contributed by atoms with E-state index in [0.29, 0.717) is 35.4 Å². The molecule has 2 aromatic carbocycles. The molecule has 2 fully saturated rings. The summed E-state index contributed by atoms with van der Waals surface area (Å²) in [5.74, 6) is 2.97. The SMILES string of the molecule is CCCCOc1ccccc1C(=O)c1ccc2occ(C3CCN4CCCCC4C3)c2c1.O=C(O)C#CCCC(=O)O. The van der Waals surface area contributed by atoms with Gasteiger partial charge in [0, 0.05) is 34.9 Å². The Morgan fingerprint density at radius 2 is 1.90 bits per heavy atom. The summed E-state index contributed by atoms with van der Waals surface area (Å²) in [6.45, 7) is 5.19. The van der Waals surface area contributed by atoms with Gasteiger partial charge in [0.1, 0.15) is 11.3 Å². The van der Waals surface area contributed by atoms with Crippen molar-refractivity contribution in [2.75, 3.05) is 19.7 Å². The quantitative estimate of drug-likeness (QED) is 0.169. The Morgan fingerprint density at radius 3 is 2.69 bits per heavy atom. The van der Waals surface area contributed by atoms with Gasteiger partial charge in [-0.3, -0.25) is 9.59 Å². The van der Waals surface area contributed by atoms with Gasteiger partial charge in [-0.2, -0.15) is 0 Å². The molecule has 1 aromatic heterocycles. The van der Waals surface area contributed by atoms with Crippen LogP contribution in [0.2, 0.25) is 0 Å².